The van der Waals surface area contributed by atoms with Gasteiger partial charge in [0.15, 0.2) is 11.5 Å². The monoisotopic (exact) mass is 308 g/mol. The number of rotatable bonds is 6. The van der Waals surface area contributed by atoms with Crippen LogP contribution in [0, 0.1) is 0 Å². The Morgan fingerprint density at radius 2 is 1.77 bits per heavy atom. The highest BCUT2D eigenvalue weighted by atomic mass is 16.4. The summed E-state index contributed by atoms with van der Waals surface area (Å²) >= 11 is 0. The first-order valence-electron chi connectivity index (χ1n) is 6.01. The molecule has 0 spiro atoms. The number of aromatic nitrogens is 4. The molecule has 0 radical (unpaired) electrons. The number of amides is 1. The summed E-state index contributed by atoms with van der Waals surface area (Å²) in [4.78, 5) is 45.9. The van der Waals surface area contributed by atoms with Gasteiger partial charge in [0.05, 0.1) is 6.33 Å². The fourth-order valence-electron chi connectivity index (χ4n) is 1.82. The van der Waals surface area contributed by atoms with Crippen molar-refractivity contribution in [3.8, 4) is 0 Å². The highest BCUT2D eigenvalue weighted by Crippen LogP contribution is 2.14. The first-order valence-corrected chi connectivity index (χ1v) is 6.01. The number of aliphatic carboxylic acids is 2. The van der Waals surface area contributed by atoms with E-state index in [9.17, 15) is 14.4 Å². The number of imidazole rings is 1. The minimum Gasteiger partial charge on any atom is -0.480 e. The van der Waals surface area contributed by atoms with Crippen molar-refractivity contribution in [1.82, 2.24) is 24.4 Å². The lowest BCUT2D eigenvalue weighted by atomic mass is 10.4. The van der Waals surface area contributed by atoms with Crippen molar-refractivity contribution in [2.45, 2.75) is 6.54 Å². The van der Waals surface area contributed by atoms with Gasteiger partial charge in [-0.1, -0.05) is 0 Å². The van der Waals surface area contributed by atoms with Gasteiger partial charge >= 0.3 is 11.9 Å². The number of nitrogens with two attached hydrogens (primary N) is 1. The molecule has 1 amide bonds. The maximum atomic E-state index is 12.1. The SMILES string of the molecule is Nc1ncnc2c1ncn2CC(=O)N(CC(=O)O)CC(=O)O. The third-order valence-corrected chi connectivity index (χ3v) is 2.74. The highest BCUT2D eigenvalue weighted by molar-refractivity contribution is 5.87. The first kappa shape index (κ1) is 15.2. The molecule has 0 fully saturated rings. The van der Waals surface area contributed by atoms with Crippen molar-refractivity contribution in [3.05, 3.63) is 12.7 Å². The predicted molar refractivity (Wildman–Crippen MR) is 71.6 cm³/mol. The van der Waals surface area contributed by atoms with Crippen molar-refractivity contribution >= 4 is 34.8 Å². The molecule has 4 N–H and O–H groups in total. The molecule has 0 aliphatic rings. The molecule has 0 aliphatic heterocycles. The second-order valence-corrected chi connectivity index (χ2v) is 4.34. The topological polar surface area (TPSA) is 165 Å². The van der Waals surface area contributed by atoms with E-state index in [2.05, 4.69) is 15.0 Å². The summed E-state index contributed by atoms with van der Waals surface area (Å²) in [6, 6.07) is 0. The Balaban J connectivity index is 2.22. The molecule has 0 aromatic carbocycles. The smallest absolute Gasteiger partial charge is 0.323 e. The lowest BCUT2D eigenvalue weighted by Gasteiger charge is -2.18. The van der Waals surface area contributed by atoms with Crippen LogP contribution in [0.5, 0.6) is 0 Å². The Labute approximate surface area is 123 Å². The normalized spacial score (nSPS) is 10.5. The van der Waals surface area contributed by atoms with Gasteiger partial charge in [-0.2, -0.15) is 0 Å². The lowest BCUT2D eigenvalue weighted by Crippen LogP contribution is -2.41. The number of carbonyl (C=O) groups excluding carboxylic acids is 1. The Morgan fingerprint density at radius 1 is 1.14 bits per heavy atom. The van der Waals surface area contributed by atoms with E-state index in [1.165, 1.54) is 17.2 Å². The van der Waals surface area contributed by atoms with Gasteiger partial charge in [0, 0.05) is 0 Å². The average Bonchev–Trinajstić information content (AvgIpc) is 2.81. The number of fused-ring (bicyclic) bond motifs is 1. The minimum absolute atomic E-state index is 0.143. The molecule has 0 saturated carbocycles. The van der Waals surface area contributed by atoms with Gasteiger partial charge in [-0.3, -0.25) is 14.4 Å². The molecule has 2 aromatic rings. The van der Waals surface area contributed by atoms with E-state index in [0.29, 0.717) is 16.1 Å². The first-order chi connectivity index (χ1) is 10.4. The van der Waals surface area contributed by atoms with E-state index in [-0.39, 0.29) is 12.4 Å². The van der Waals surface area contributed by atoms with Crippen LogP contribution in [0.2, 0.25) is 0 Å². The number of carbonyl (C=O) groups is 3. The molecule has 11 heteroatoms. The molecule has 0 bridgehead atoms. The van der Waals surface area contributed by atoms with Gasteiger partial charge in [-0.25, -0.2) is 15.0 Å². The van der Waals surface area contributed by atoms with Crippen molar-refractivity contribution < 1.29 is 24.6 Å². The molecular weight excluding hydrogens is 296 g/mol. The maximum absolute atomic E-state index is 12.1. The van der Waals surface area contributed by atoms with Crippen LogP contribution >= 0.6 is 0 Å². The minimum atomic E-state index is -1.31. The third-order valence-electron chi connectivity index (χ3n) is 2.74. The van der Waals surface area contributed by atoms with Gasteiger partial charge in [0.1, 0.15) is 31.5 Å². The van der Waals surface area contributed by atoms with Gasteiger partial charge in [-0.05, 0) is 0 Å². The number of carboxylic acid groups (broad SMARTS) is 2. The molecule has 2 heterocycles. The Hall–Kier alpha value is -3.24. The standard InChI is InChI=1S/C11H12N6O5/c12-10-9-11(14-4-13-10)17(5-15-9)1-6(18)16(2-7(19)20)3-8(21)22/h4-5H,1-3H2,(H,19,20)(H,21,22)(H2,12,13,14). The molecule has 0 unspecified atom stereocenters. The van der Waals surface area contributed by atoms with E-state index in [1.54, 1.807) is 0 Å². The largest absolute Gasteiger partial charge is 0.480 e. The van der Waals surface area contributed by atoms with Gasteiger partial charge in [-0.15, -0.1) is 0 Å². The summed E-state index contributed by atoms with van der Waals surface area (Å²) in [5.74, 6) is -3.17. The van der Waals surface area contributed by atoms with Crippen LogP contribution in [0.15, 0.2) is 12.7 Å². The predicted octanol–water partition coefficient (Wildman–Crippen LogP) is -1.59. The summed E-state index contributed by atoms with van der Waals surface area (Å²) in [6.07, 6.45) is 2.50. The molecule has 11 nitrogen and oxygen atoms in total. The van der Waals surface area contributed by atoms with Crippen molar-refractivity contribution in [2.75, 3.05) is 18.8 Å². The van der Waals surface area contributed by atoms with E-state index in [1.807, 2.05) is 0 Å². The zero-order chi connectivity index (χ0) is 16.3. The number of hydrogen-bond donors (Lipinski definition) is 3. The van der Waals surface area contributed by atoms with E-state index < -0.39 is 30.9 Å². The van der Waals surface area contributed by atoms with Crippen molar-refractivity contribution in [2.24, 2.45) is 0 Å². The lowest BCUT2D eigenvalue weighted by molar-refractivity contribution is -0.149. The number of nitrogens with zero attached hydrogens (tertiary/aromatic N) is 5. The van der Waals surface area contributed by atoms with Gasteiger partial charge in [0.2, 0.25) is 5.91 Å². The van der Waals surface area contributed by atoms with Crippen LogP contribution in [0.1, 0.15) is 0 Å². The third kappa shape index (κ3) is 3.26. The van der Waals surface area contributed by atoms with Crippen LogP contribution in [0.3, 0.4) is 0 Å². The summed E-state index contributed by atoms with van der Waals surface area (Å²) < 4.78 is 1.34. The molecule has 2 rings (SSSR count). The highest BCUT2D eigenvalue weighted by Gasteiger charge is 2.21. The molecule has 0 saturated heterocycles. The molecule has 0 atom stereocenters. The van der Waals surface area contributed by atoms with Crippen LogP contribution < -0.4 is 5.73 Å². The second-order valence-electron chi connectivity index (χ2n) is 4.34. The van der Waals surface area contributed by atoms with Gasteiger partial charge < -0.3 is 25.4 Å². The van der Waals surface area contributed by atoms with Crippen LogP contribution in [0.25, 0.3) is 11.2 Å². The zero-order valence-corrected chi connectivity index (χ0v) is 11.2. The summed E-state index contributed by atoms with van der Waals surface area (Å²) in [5, 5.41) is 17.5. The van der Waals surface area contributed by atoms with E-state index >= 15 is 0 Å². The number of anilines is 1. The van der Waals surface area contributed by atoms with Crippen molar-refractivity contribution in [1.29, 1.82) is 0 Å². The fourth-order valence-corrected chi connectivity index (χ4v) is 1.82. The zero-order valence-electron chi connectivity index (χ0n) is 11.2. The maximum Gasteiger partial charge on any atom is 0.323 e. The van der Waals surface area contributed by atoms with Crippen LogP contribution in [-0.4, -0.2) is 65.6 Å². The quantitative estimate of drug-likeness (QED) is 0.570. The molecule has 0 aliphatic carbocycles. The van der Waals surface area contributed by atoms with Crippen LogP contribution in [-0.2, 0) is 20.9 Å². The second kappa shape index (κ2) is 6.03. The Kier molecular flexibility index (Phi) is 4.15. The van der Waals surface area contributed by atoms with Crippen molar-refractivity contribution in [3.63, 3.8) is 0 Å². The Morgan fingerprint density at radius 3 is 2.36 bits per heavy atom. The summed E-state index contributed by atoms with van der Waals surface area (Å²) in [7, 11) is 0. The molecular formula is C11H12N6O5. The number of hydrogen-bond acceptors (Lipinski definition) is 7. The average molecular weight is 308 g/mol. The van der Waals surface area contributed by atoms with E-state index in [0.717, 1.165) is 0 Å². The number of nitrogen functional groups attached to an aromatic ring is 1. The Bertz CT molecular complexity index is 726. The number of carboxylic acids is 2. The fraction of sp³-hybridized carbons (Fsp3) is 0.273. The summed E-state index contributed by atoms with van der Waals surface area (Å²) in [5.41, 5.74) is 6.22. The molecule has 2 aromatic heterocycles. The van der Waals surface area contributed by atoms with Gasteiger partial charge in [0.25, 0.3) is 0 Å². The molecule has 116 valence electrons. The summed E-state index contributed by atoms with van der Waals surface area (Å²) in [6.45, 7) is -1.74. The molecule has 22 heavy (non-hydrogen) atoms. The van der Waals surface area contributed by atoms with E-state index in [4.69, 9.17) is 15.9 Å². The van der Waals surface area contributed by atoms with Crippen LogP contribution in [0.4, 0.5) is 5.82 Å².